The average Bonchev–Trinajstić information content (AvgIpc) is 3.16. The molecule has 0 fully saturated rings. The fourth-order valence-corrected chi connectivity index (χ4v) is 3.32. The molecule has 30 heavy (non-hydrogen) atoms. The molecule has 2 N–H and O–H groups in total. The lowest BCUT2D eigenvalue weighted by molar-refractivity contribution is -0.137. The summed E-state index contributed by atoms with van der Waals surface area (Å²) in [7, 11) is 0. The number of unbranched alkanes of at least 4 members (excludes halogenated alkanes) is 3. The Bertz CT molecular complexity index is 981. The van der Waals surface area contributed by atoms with Gasteiger partial charge in [0.25, 0.3) is 5.91 Å². The fraction of sp³-hybridized carbons (Fsp3) is 0.250. The van der Waals surface area contributed by atoms with Gasteiger partial charge in [0.05, 0.1) is 5.56 Å². The molecule has 156 valence electrons. The number of carbonyl (C=O) groups is 2. The smallest absolute Gasteiger partial charge is 0.303 e. The number of anilines is 1. The second-order valence-electron chi connectivity index (χ2n) is 7.19. The van der Waals surface area contributed by atoms with E-state index in [1.807, 2.05) is 47.2 Å². The Morgan fingerprint density at radius 2 is 1.63 bits per heavy atom. The summed E-state index contributed by atoms with van der Waals surface area (Å²) in [5.41, 5.74) is 2.93. The predicted molar refractivity (Wildman–Crippen MR) is 115 cm³/mol. The lowest BCUT2D eigenvalue weighted by Gasteiger charge is -2.09. The number of hydrogen-bond acceptors (Lipinski definition) is 2. The van der Waals surface area contributed by atoms with Crippen molar-refractivity contribution >= 4 is 17.6 Å². The normalized spacial score (nSPS) is 10.7. The van der Waals surface area contributed by atoms with Gasteiger partial charge in [-0.1, -0.05) is 31.0 Å². The molecule has 0 aliphatic carbocycles. The summed E-state index contributed by atoms with van der Waals surface area (Å²) in [5.74, 6) is -1.28. The van der Waals surface area contributed by atoms with Crippen LogP contribution in [0.2, 0.25) is 0 Å². The van der Waals surface area contributed by atoms with Crippen LogP contribution in [0, 0.1) is 5.82 Å². The first-order valence-electron chi connectivity index (χ1n) is 10.1. The Balaban J connectivity index is 1.73. The maximum Gasteiger partial charge on any atom is 0.303 e. The number of aryl methyl sites for hydroxylation is 1. The number of halogens is 1. The van der Waals surface area contributed by atoms with E-state index in [0.29, 0.717) is 18.5 Å². The molecule has 0 atom stereocenters. The van der Waals surface area contributed by atoms with Crippen molar-refractivity contribution in [3.05, 3.63) is 78.2 Å². The molecule has 0 aliphatic heterocycles. The zero-order valence-corrected chi connectivity index (χ0v) is 16.7. The van der Waals surface area contributed by atoms with E-state index in [1.165, 1.54) is 12.1 Å². The molecule has 0 bridgehead atoms. The SMILES string of the molecule is O=C(O)CCCCCCn1cc(C(=O)Nc2ccccc2)cc1-c1ccc(F)cc1. The van der Waals surface area contributed by atoms with E-state index < -0.39 is 5.97 Å². The van der Waals surface area contributed by atoms with Gasteiger partial charge in [0.1, 0.15) is 5.82 Å². The summed E-state index contributed by atoms with van der Waals surface area (Å²) in [6, 6.07) is 17.3. The van der Waals surface area contributed by atoms with Gasteiger partial charge >= 0.3 is 5.97 Å². The topological polar surface area (TPSA) is 71.3 Å². The monoisotopic (exact) mass is 408 g/mol. The molecule has 0 radical (unpaired) electrons. The van der Waals surface area contributed by atoms with Crippen molar-refractivity contribution < 1.29 is 19.1 Å². The molecule has 0 saturated heterocycles. The highest BCUT2D eigenvalue weighted by Crippen LogP contribution is 2.24. The van der Waals surface area contributed by atoms with Gasteiger partial charge in [-0.25, -0.2) is 4.39 Å². The number of amides is 1. The number of benzene rings is 2. The minimum atomic E-state index is -0.770. The molecule has 0 aliphatic rings. The minimum absolute atomic E-state index is 0.189. The number of nitrogens with one attached hydrogen (secondary N) is 1. The number of para-hydroxylation sites is 1. The number of rotatable bonds is 10. The Morgan fingerprint density at radius 1 is 0.933 bits per heavy atom. The molecule has 0 unspecified atom stereocenters. The van der Waals surface area contributed by atoms with E-state index in [1.54, 1.807) is 12.1 Å². The Kier molecular flexibility index (Phi) is 7.38. The zero-order chi connectivity index (χ0) is 21.3. The van der Waals surface area contributed by atoms with Crippen molar-refractivity contribution in [1.29, 1.82) is 0 Å². The number of carboxylic acids is 1. The van der Waals surface area contributed by atoms with Gasteiger partial charge in [0.2, 0.25) is 0 Å². The summed E-state index contributed by atoms with van der Waals surface area (Å²) in [5, 5.41) is 11.6. The summed E-state index contributed by atoms with van der Waals surface area (Å²) >= 11 is 0. The summed E-state index contributed by atoms with van der Waals surface area (Å²) in [6.07, 6.45) is 5.28. The molecule has 0 saturated carbocycles. The van der Waals surface area contributed by atoms with Crippen LogP contribution >= 0.6 is 0 Å². The summed E-state index contributed by atoms with van der Waals surface area (Å²) < 4.78 is 15.3. The van der Waals surface area contributed by atoms with Gasteiger partial charge in [0.15, 0.2) is 0 Å². The van der Waals surface area contributed by atoms with Crippen molar-refractivity contribution in [1.82, 2.24) is 4.57 Å². The van der Waals surface area contributed by atoms with Crippen LogP contribution in [0.3, 0.4) is 0 Å². The Labute approximate surface area is 175 Å². The van der Waals surface area contributed by atoms with Crippen molar-refractivity contribution in [2.45, 2.75) is 38.6 Å². The molecule has 6 heteroatoms. The third-order valence-corrected chi connectivity index (χ3v) is 4.87. The molecule has 3 rings (SSSR count). The highest BCUT2D eigenvalue weighted by Gasteiger charge is 2.14. The van der Waals surface area contributed by atoms with Gasteiger partial charge in [-0.05, 0) is 60.9 Å². The van der Waals surface area contributed by atoms with Crippen LogP contribution in [0.5, 0.6) is 0 Å². The van der Waals surface area contributed by atoms with Crippen LogP contribution in [0.4, 0.5) is 10.1 Å². The number of carboxylic acid groups (broad SMARTS) is 1. The molecule has 2 aromatic carbocycles. The van der Waals surface area contributed by atoms with Gasteiger partial charge in [-0.2, -0.15) is 0 Å². The molecular weight excluding hydrogens is 383 g/mol. The zero-order valence-electron chi connectivity index (χ0n) is 16.7. The second kappa shape index (κ2) is 10.4. The number of carbonyl (C=O) groups excluding carboxylic acids is 1. The maximum absolute atomic E-state index is 13.3. The lowest BCUT2D eigenvalue weighted by Crippen LogP contribution is -2.10. The standard InChI is InChI=1S/C24H25FN2O3/c25-20-13-11-18(12-14-20)22-16-19(24(30)26-21-8-4-3-5-9-21)17-27(22)15-7-2-1-6-10-23(28)29/h3-5,8-9,11-14,16-17H,1-2,6-7,10,15H2,(H,26,30)(H,28,29). The van der Waals surface area contributed by atoms with Crippen LogP contribution in [0.1, 0.15) is 42.5 Å². The molecule has 1 heterocycles. The molecule has 1 amide bonds. The van der Waals surface area contributed by atoms with Crippen LogP contribution in [0.25, 0.3) is 11.3 Å². The van der Waals surface area contributed by atoms with E-state index in [-0.39, 0.29) is 18.1 Å². The maximum atomic E-state index is 13.3. The second-order valence-corrected chi connectivity index (χ2v) is 7.19. The predicted octanol–water partition coefficient (Wildman–Crippen LogP) is 5.58. The first kappa shape index (κ1) is 21.3. The van der Waals surface area contributed by atoms with Crippen molar-refractivity contribution in [3.63, 3.8) is 0 Å². The third kappa shape index (κ3) is 6.04. The highest BCUT2D eigenvalue weighted by molar-refractivity contribution is 6.05. The Morgan fingerprint density at radius 3 is 2.33 bits per heavy atom. The van der Waals surface area contributed by atoms with E-state index in [2.05, 4.69) is 5.32 Å². The molecule has 1 aromatic heterocycles. The van der Waals surface area contributed by atoms with Gasteiger partial charge in [0, 0.05) is 30.5 Å². The van der Waals surface area contributed by atoms with E-state index in [4.69, 9.17) is 5.11 Å². The molecule has 3 aromatic rings. The average molecular weight is 408 g/mol. The van der Waals surface area contributed by atoms with Crippen LogP contribution in [0.15, 0.2) is 66.9 Å². The third-order valence-electron chi connectivity index (χ3n) is 4.87. The highest BCUT2D eigenvalue weighted by atomic mass is 19.1. The quantitative estimate of drug-likeness (QED) is 0.430. The molecule has 0 spiro atoms. The minimum Gasteiger partial charge on any atom is -0.481 e. The molecular formula is C24H25FN2O3. The van der Waals surface area contributed by atoms with E-state index in [9.17, 15) is 14.0 Å². The van der Waals surface area contributed by atoms with Crippen molar-refractivity contribution in [2.24, 2.45) is 0 Å². The van der Waals surface area contributed by atoms with Crippen LogP contribution in [-0.2, 0) is 11.3 Å². The van der Waals surface area contributed by atoms with Crippen LogP contribution in [-0.4, -0.2) is 21.6 Å². The lowest BCUT2D eigenvalue weighted by atomic mass is 10.1. The van der Waals surface area contributed by atoms with Crippen molar-refractivity contribution in [3.8, 4) is 11.3 Å². The Hall–Kier alpha value is -3.41. The van der Waals surface area contributed by atoms with Gasteiger partial charge in [-0.3, -0.25) is 9.59 Å². The summed E-state index contributed by atoms with van der Waals surface area (Å²) in [6.45, 7) is 0.693. The number of aliphatic carboxylic acids is 1. The van der Waals surface area contributed by atoms with Crippen LogP contribution < -0.4 is 5.32 Å². The first-order chi connectivity index (χ1) is 14.5. The first-order valence-corrected chi connectivity index (χ1v) is 10.1. The molecule has 5 nitrogen and oxygen atoms in total. The van der Waals surface area contributed by atoms with Gasteiger partial charge in [-0.15, -0.1) is 0 Å². The number of aromatic nitrogens is 1. The van der Waals surface area contributed by atoms with E-state index in [0.717, 1.165) is 36.2 Å². The number of hydrogen-bond donors (Lipinski definition) is 2. The van der Waals surface area contributed by atoms with Gasteiger partial charge < -0.3 is 15.0 Å². The summed E-state index contributed by atoms with van der Waals surface area (Å²) in [4.78, 5) is 23.3. The van der Waals surface area contributed by atoms with E-state index >= 15 is 0 Å². The van der Waals surface area contributed by atoms with Crippen molar-refractivity contribution in [2.75, 3.05) is 5.32 Å². The fourth-order valence-electron chi connectivity index (χ4n) is 3.32. The largest absolute Gasteiger partial charge is 0.481 e. The number of nitrogens with zero attached hydrogens (tertiary/aromatic N) is 1.